The van der Waals surface area contributed by atoms with Crippen molar-refractivity contribution in [2.45, 2.75) is 124 Å². The molecule has 1 aliphatic rings. The summed E-state index contributed by atoms with van der Waals surface area (Å²) >= 11 is 0. The standard InChI is InChI=1S/C61H65N4O.CH3.Pt/c1-57(2,3)41-23-27-52-51(34-41)50-26-25-48(38-54(50)65(52)56-36-43(29-30-62-56)59(7,8)9)66-49-33-45(60(10,11)12)32-47(37-49)64-39-63(53-28-24-42(35-55(53)64)58(4,5)6)46-22-18-21-44(31-46)61(13,14)40-19-16-15-17-20-40;;/h15-36,39H,1-14H3;1H3;/q-3;-1;+4. The molecule has 0 N–H and O–H groups in total. The normalized spacial score (nSPS) is 13.4. The van der Waals surface area contributed by atoms with Gasteiger partial charge < -0.3 is 26.5 Å². The Bertz CT molecular complexity index is 3120. The number of hydrogen-bond donors (Lipinski definition) is 0. The monoisotopic (exact) mass is 1080 g/mol. The average molecular weight is 1080 g/mol. The van der Waals surface area contributed by atoms with Crippen molar-refractivity contribution in [2.24, 2.45) is 0 Å². The van der Waals surface area contributed by atoms with Crippen LogP contribution in [0.4, 0.5) is 22.7 Å². The van der Waals surface area contributed by atoms with Crippen LogP contribution in [0, 0.1) is 26.2 Å². The number of benzene rings is 6. The maximum atomic E-state index is 6.94. The summed E-state index contributed by atoms with van der Waals surface area (Å²) in [5.41, 5.74) is 13.2. The van der Waals surface area contributed by atoms with Gasteiger partial charge in [0.1, 0.15) is 5.82 Å². The van der Waals surface area contributed by atoms with Crippen LogP contribution in [-0.2, 0) is 48.1 Å². The first-order chi connectivity index (χ1) is 31.0. The number of anilines is 4. The summed E-state index contributed by atoms with van der Waals surface area (Å²) in [5, 5.41) is 2.28. The molecule has 1 aliphatic heterocycles. The van der Waals surface area contributed by atoms with Crippen molar-refractivity contribution < 1.29 is 25.8 Å². The zero-order chi connectivity index (χ0) is 47.1. The number of fused-ring (bicyclic) bond motifs is 4. The van der Waals surface area contributed by atoms with E-state index in [4.69, 9.17) is 9.72 Å². The van der Waals surface area contributed by atoms with Gasteiger partial charge in [-0.05, 0) is 97.3 Å². The van der Waals surface area contributed by atoms with Crippen LogP contribution in [-0.4, -0.2) is 9.55 Å². The SMILES string of the molecule is CC(C)(C)c1cc(Oc2[c-]c3c(cc2)c2cc(C(C)(C)C)ccc2n3-c2cc(C(C)(C)C)ccn2)[c-]c(N2[CH-]N(c3cccc(C(C)(C)c4ccccc4)c3)c3ccc(C(C)(C)C)cc32)c1.[CH3-].[Pt+4]. The van der Waals surface area contributed by atoms with Crippen LogP contribution in [0.1, 0.15) is 130 Å². The predicted molar refractivity (Wildman–Crippen MR) is 284 cm³/mol. The Morgan fingerprint density at radius 2 is 1.12 bits per heavy atom. The fourth-order valence-electron chi connectivity index (χ4n) is 9.05. The zero-order valence-corrected chi connectivity index (χ0v) is 45.1. The van der Waals surface area contributed by atoms with Gasteiger partial charge in [0, 0.05) is 45.7 Å². The number of hydrogen-bond acceptors (Lipinski definition) is 4. The van der Waals surface area contributed by atoms with Crippen molar-refractivity contribution in [2.75, 3.05) is 9.80 Å². The van der Waals surface area contributed by atoms with Gasteiger partial charge in [0.05, 0.1) is 0 Å². The van der Waals surface area contributed by atoms with Gasteiger partial charge in [-0.2, -0.15) is 6.07 Å². The van der Waals surface area contributed by atoms with E-state index in [0.717, 1.165) is 50.6 Å². The minimum absolute atomic E-state index is 0. The molecule has 6 heteroatoms. The van der Waals surface area contributed by atoms with Crippen molar-refractivity contribution in [3.8, 4) is 17.3 Å². The van der Waals surface area contributed by atoms with Crippen molar-refractivity contribution >= 4 is 44.6 Å². The van der Waals surface area contributed by atoms with Gasteiger partial charge in [-0.3, -0.25) is 0 Å². The Morgan fingerprint density at radius 1 is 0.485 bits per heavy atom. The molecular formula is C62H68N4OPt. The van der Waals surface area contributed by atoms with E-state index in [2.05, 4.69) is 251 Å². The minimum Gasteiger partial charge on any atom is -0.509 e. The number of pyridine rings is 1. The molecule has 68 heavy (non-hydrogen) atoms. The number of rotatable bonds is 7. The summed E-state index contributed by atoms with van der Waals surface area (Å²) < 4.78 is 9.18. The zero-order valence-electron chi connectivity index (χ0n) is 42.8. The summed E-state index contributed by atoms with van der Waals surface area (Å²) in [6.45, 7) is 33.9. The second-order valence-corrected chi connectivity index (χ2v) is 22.9. The maximum absolute atomic E-state index is 6.94. The summed E-state index contributed by atoms with van der Waals surface area (Å²) in [4.78, 5) is 9.56. The fourth-order valence-corrected chi connectivity index (χ4v) is 9.05. The van der Waals surface area contributed by atoms with Gasteiger partial charge in [-0.15, -0.1) is 53.6 Å². The van der Waals surface area contributed by atoms with E-state index in [-0.39, 0.29) is 55.6 Å². The molecule has 0 bridgehead atoms. The fraction of sp³-hybridized carbons (Fsp3) is 0.306. The van der Waals surface area contributed by atoms with Crippen LogP contribution in [0.5, 0.6) is 11.5 Å². The van der Waals surface area contributed by atoms with Gasteiger partial charge in [0.15, 0.2) is 0 Å². The first-order valence-corrected chi connectivity index (χ1v) is 23.4. The smallest absolute Gasteiger partial charge is 0.509 e. The number of ether oxygens (including phenoxy) is 1. The molecule has 0 saturated heterocycles. The van der Waals surface area contributed by atoms with Crippen molar-refractivity contribution in [3.05, 3.63) is 193 Å². The van der Waals surface area contributed by atoms with E-state index in [1.807, 2.05) is 12.3 Å². The molecule has 352 valence electrons. The van der Waals surface area contributed by atoms with Crippen molar-refractivity contribution in [3.63, 3.8) is 0 Å². The van der Waals surface area contributed by atoms with E-state index >= 15 is 0 Å². The summed E-state index contributed by atoms with van der Waals surface area (Å²) in [6.07, 6.45) is 1.92. The second-order valence-electron chi connectivity index (χ2n) is 22.9. The molecule has 0 aliphatic carbocycles. The third-order valence-electron chi connectivity index (χ3n) is 13.5. The Labute approximate surface area is 421 Å². The van der Waals surface area contributed by atoms with Gasteiger partial charge in [0.2, 0.25) is 0 Å². The molecule has 3 heterocycles. The molecule has 0 unspecified atom stereocenters. The average Bonchev–Trinajstić information content (AvgIpc) is 3.81. The summed E-state index contributed by atoms with van der Waals surface area (Å²) in [5.74, 6) is 2.10. The molecule has 9 rings (SSSR count). The predicted octanol–water partition coefficient (Wildman–Crippen LogP) is 16.9. The Hall–Kier alpha value is -5.64. The molecule has 8 aromatic rings. The minimum atomic E-state index is -0.187. The van der Waals surface area contributed by atoms with E-state index < -0.39 is 0 Å². The molecule has 0 spiro atoms. The second kappa shape index (κ2) is 18.0. The van der Waals surface area contributed by atoms with Crippen LogP contribution in [0.2, 0.25) is 0 Å². The molecule has 2 aromatic heterocycles. The van der Waals surface area contributed by atoms with E-state index in [0.29, 0.717) is 11.5 Å². The molecule has 0 saturated carbocycles. The third-order valence-corrected chi connectivity index (χ3v) is 13.5. The van der Waals surface area contributed by atoms with E-state index in [9.17, 15) is 0 Å². The molecular weight excluding hydrogens is 1010 g/mol. The summed E-state index contributed by atoms with van der Waals surface area (Å²) in [7, 11) is 0. The molecule has 6 aromatic carbocycles. The molecule has 0 amide bonds. The van der Waals surface area contributed by atoms with Gasteiger partial charge in [-0.1, -0.05) is 163 Å². The summed E-state index contributed by atoms with van der Waals surface area (Å²) in [6, 6.07) is 53.9. The topological polar surface area (TPSA) is 33.5 Å². The Kier molecular flexibility index (Phi) is 13.3. The number of aromatic nitrogens is 2. The Balaban J connectivity index is 0.00000342. The van der Waals surface area contributed by atoms with Gasteiger partial charge in [0.25, 0.3) is 0 Å². The van der Waals surface area contributed by atoms with Crippen molar-refractivity contribution in [1.82, 2.24) is 9.55 Å². The Morgan fingerprint density at radius 3 is 1.79 bits per heavy atom. The molecule has 0 radical (unpaired) electrons. The quantitative estimate of drug-likeness (QED) is 0.149. The molecule has 0 fully saturated rings. The van der Waals surface area contributed by atoms with E-state index in [1.54, 1.807) is 0 Å². The van der Waals surface area contributed by atoms with Crippen molar-refractivity contribution in [1.29, 1.82) is 0 Å². The first-order valence-electron chi connectivity index (χ1n) is 23.4. The number of nitrogens with zero attached hydrogens (tertiary/aromatic N) is 4. The van der Waals surface area contributed by atoms with Gasteiger partial charge in [-0.25, -0.2) is 4.98 Å². The van der Waals surface area contributed by atoms with E-state index in [1.165, 1.54) is 33.2 Å². The van der Waals surface area contributed by atoms with Gasteiger partial charge >= 0.3 is 21.1 Å². The third kappa shape index (κ3) is 9.53. The van der Waals surface area contributed by atoms with Crippen LogP contribution in [0.25, 0.3) is 27.6 Å². The maximum Gasteiger partial charge on any atom is 4.00 e. The van der Waals surface area contributed by atoms with Crippen LogP contribution >= 0.6 is 0 Å². The van der Waals surface area contributed by atoms with Crippen LogP contribution < -0.4 is 14.5 Å². The molecule has 5 nitrogen and oxygen atoms in total. The largest absolute Gasteiger partial charge is 4.00 e. The molecule has 0 atom stereocenters. The van der Waals surface area contributed by atoms with Crippen LogP contribution in [0.3, 0.4) is 0 Å². The first kappa shape index (κ1) is 50.2. The van der Waals surface area contributed by atoms with Crippen LogP contribution in [0.15, 0.2) is 134 Å².